The molecule has 0 fully saturated rings. The van der Waals surface area contributed by atoms with Crippen molar-refractivity contribution in [3.63, 3.8) is 0 Å². The number of carbonyl (C=O) groups excluding carboxylic acids is 1. The van der Waals surface area contributed by atoms with Crippen molar-refractivity contribution < 1.29 is 23.9 Å². The van der Waals surface area contributed by atoms with Crippen molar-refractivity contribution in [1.29, 1.82) is 0 Å². The lowest BCUT2D eigenvalue weighted by Gasteiger charge is -2.48. The molecule has 0 saturated heterocycles. The zero-order valence-electron chi connectivity index (χ0n) is 24.6. The Bertz CT molecular complexity index is 1030. The molecule has 2 rings (SSSR count). The van der Waals surface area contributed by atoms with E-state index in [-0.39, 0.29) is 17.8 Å². The van der Waals surface area contributed by atoms with Gasteiger partial charge in [0.1, 0.15) is 5.60 Å². The van der Waals surface area contributed by atoms with Gasteiger partial charge < -0.3 is 19.6 Å². The average Bonchev–Trinajstić information content (AvgIpc) is 2.77. The molecular weight excluding hydrogens is 494 g/mol. The second-order valence-electron chi connectivity index (χ2n) is 12.6. The van der Waals surface area contributed by atoms with Crippen molar-refractivity contribution in [1.82, 2.24) is 5.32 Å². The summed E-state index contributed by atoms with van der Waals surface area (Å²) in [4.78, 5) is 26.3. The fraction of sp³-hybridized carbons (Fsp3) is 0.548. The van der Waals surface area contributed by atoms with Gasteiger partial charge in [0, 0.05) is 18.4 Å². The molecule has 4 unspecified atom stereocenters. The first-order valence-corrected chi connectivity index (χ1v) is 16.3. The number of ether oxygens (including phenoxy) is 1. The lowest BCUT2D eigenvalue weighted by molar-refractivity contribution is -0.165. The number of carboxylic acid groups (broad SMARTS) is 1. The maximum absolute atomic E-state index is 13.2. The summed E-state index contributed by atoms with van der Waals surface area (Å²) < 4.78 is 12.2. The highest BCUT2D eigenvalue weighted by Gasteiger charge is 2.53. The number of aliphatic carboxylic acids is 1. The highest BCUT2D eigenvalue weighted by molar-refractivity contribution is 6.48. The zero-order valence-corrected chi connectivity index (χ0v) is 25.7. The van der Waals surface area contributed by atoms with Crippen LogP contribution in [0.1, 0.15) is 59.6 Å². The molecule has 2 aromatic rings. The van der Waals surface area contributed by atoms with Gasteiger partial charge in [-0.1, -0.05) is 88.4 Å². The molecule has 6 nitrogen and oxygen atoms in total. The molecule has 0 aliphatic heterocycles. The van der Waals surface area contributed by atoms with Crippen molar-refractivity contribution in [2.24, 2.45) is 17.3 Å². The molecule has 7 heteroatoms. The van der Waals surface area contributed by atoms with Crippen LogP contribution < -0.4 is 5.32 Å². The molecule has 0 aromatic heterocycles. The number of amides is 1. The van der Waals surface area contributed by atoms with Crippen molar-refractivity contribution in [2.45, 2.75) is 91.6 Å². The van der Waals surface area contributed by atoms with E-state index in [4.69, 9.17) is 9.16 Å². The fourth-order valence-corrected chi connectivity index (χ4v) is 6.78. The van der Waals surface area contributed by atoms with Gasteiger partial charge >= 0.3 is 12.1 Å². The van der Waals surface area contributed by atoms with Gasteiger partial charge in [-0.3, -0.25) is 0 Å². The third-order valence-electron chi connectivity index (χ3n) is 6.83. The molecule has 0 aliphatic rings. The maximum Gasteiger partial charge on any atom is 0.407 e. The Morgan fingerprint density at radius 1 is 0.895 bits per heavy atom. The van der Waals surface area contributed by atoms with Crippen LogP contribution in [0.25, 0.3) is 0 Å². The molecule has 1 amide bonds. The Kier molecular flexibility index (Phi) is 10.8. The van der Waals surface area contributed by atoms with Crippen molar-refractivity contribution >= 4 is 21.1 Å². The molecule has 0 spiro atoms. The second kappa shape index (κ2) is 12.9. The quantitative estimate of drug-likeness (QED) is 0.318. The Morgan fingerprint density at radius 2 is 1.39 bits per heavy atom. The minimum atomic E-state index is -1.79. The lowest BCUT2D eigenvalue weighted by atomic mass is 9.62. The summed E-state index contributed by atoms with van der Waals surface area (Å²) in [5, 5.41) is 13.9. The Hall–Kier alpha value is -2.64. The van der Waals surface area contributed by atoms with Crippen LogP contribution in [-0.4, -0.2) is 43.5 Å². The van der Waals surface area contributed by atoms with Gasteiger partial charge in [-0.25, -0.2) is 9.59 Å². The first kappa shape index (κ1) is 31.6. The van der Waals surface area contributed by atoms with Crippen LogP contribution in [0.5, 0.6) is 0 Å². The van der Waals surface area contributed by atoms with Gasteiger partial charge in [0.15, 0.2) is 14.6 Å². The first-order chi connectivity index (χ1) is 17.5. The molecule has 38 heavy (non-hydrogen) atoms. The fourth-order valence-electron chi connectivity index (χ4n) is 5.54. The van der Waals surface area contributed by atoms with E-state index in [1.165, 1.54) is 0 Å². The average molecular weight is 542 g/mol. The van der Waals surface area contributed by atoms with Crippen LogP contribution in [0.4, 0.5) is 4.79 Å². The van der Waals surface area contributed by atoms with Gasteiger partial charge in [0.2, 0.25) is 0 Å². The summed E-state index contributed by atoms with van der Waals surface area (Å²) in [6.45, 7) is 17.8. The SMILES string of the molecule is CC(C(C(Cc1ccccc1)NC(=O)OC(C)(C)C)C(C)(C)C)C(Cc1ccccc1)(O[SiH](C)C)C(=O)O. The van der Waals surface area contributed by atoms with Gasteiger partial charge in [-0.15, -0.1) is 0 Å². The minimum Gasteiger partial charge on any atom is -0.479 e. The van der Waals surface area contributed by atoms with Gasteiger partial charge in [0.25, 0.3) is 0 Å². The monoisotopic (exact) mass is 541 g/mol. The van der Waals surface area contributed by atoms with Crippen LogP contribution in [0.2, 0.25) is 13.1 Å². The zero-order chi connectivity index (χ0) is 28.7. The van der Waals surface area contributed by atoms with Crippen LogP contribution in [0.3, 0.4) is 0 Å². The van der Waals surface area contributed by atoms with E-state index in [2.05, 4.69) is 26.1 Å². The van der Waals surface area contributed by atoms with Gasteiger partial charge in [-0.2, -0.15) is 0 Å². The number of carbonyl (C=O) groups is 2. The van der Waals surface area contributed by atoms with E-state index in [0.717, 1.165) is 11.1 Å². The third kappa shape index (κ3) is 8.98. The Morgan fingerprint density at radius 3 is 1.82 bits per heavy atom. The largest absolute Gasteiger partial charge is 0.479 e. The molecule has 2 N–H and O–H groups in total. The Labute approximate surface area is 230 Å². The first-order valence-electron chi connectivity index (χ1n) is 13.5. The summed E-state index contributed by atoms with van der Waals surface area (Å²) in [7, 11) is -1.79. The Balaban J connectivity index is 2.65. The third-order valence-corrected chi connectivity index (χ3v) is 7.72. The molecule has 210 valence electrons. The minimum absolute atomic E-state index is 0.243. The molecule has 0 heterocycles. The molecule has 0 radical (unpaired) electrons. The number of rotatable bonds is 11. The highest BCUT2D eigenvalue weighted by Crippen LogP contribution is 2.44. The van der Waals surface area contributed by atoms with Crippen LogP contribution in [0.15, 0.2) is 60.7 Å². The summed E-state index contributed by atoms with van der Waals surface area (Å²) in [5.74, 6) is -1.68. The molecular formula is C31H47NO5Si. The van der Waals surface area contributed by atoms with Crippen LogP contribution >= 0.6 is 0 Å². The van der Waals surface area contributed by atoms with Crippen molar-refractivity contribution in [3.8, 4) is 0 Å². The normalized spacial score (nSPS) is 16.3. The second-order valence-corrected chi connectivity index (χ2v) is 15.0. The van der Waals surface area contributed by atoms with Gasteiger partial charge in [-0.05, 0) is 62.7 Å². The molecule has 0 aliphatic carbocycles. The molecule has 0 saturated carbocycles. The summed E-state index contributed by atoms with van der Waals surface area (Å²) >= 11 is 0. The summed E-state index contributed by atoms with van der Waals surface area (Å²) in [6, 6.07) is 19.2. The number of hydrogen-bond acceptors (Lipinski definition) is 4. The van der Waals surface area contributed by atoms with E-state index in [9.17, 15) is 14.7 Å². The standard InChI is InChI=1S/C31H47NO5Si/c1-22(31(27(33)34,37-38(8)9)21-24-18-14-11-15-19-24)26(29(2,3)4)25(20-23-16-12-10-13-17-23)32-28(35)36-30(5,6)7/h10-19,22,25-26,38H,20-21H2,1-9H3,(H,32,35)(H,33,34). The molecule has 4 atom stereocenters. The van der Waals surface area contributed by atoms with E-state index >= 15 is 0 Å². The van der Waals surface area contributed by atoms with Crippen LogP contribution in [-0.2, 0) is 26.8 Å². The summed E-state index contributed by atoms with van der Waals surface area (Å²) in [5.41, 5.74) is -0.520. The number of benzene rings is 2. The lowest BCUT2D eigenvalue weighted by Crippen LogP contribution is -2.60. The van der Waals surface area contributed by atoms with E-state index in [0.29, 0.717) is 6.42 Å². The van der Waals surface area contributed by atoms with Crippen molar-refractivity contribution in [3.05, 3.63) is 71.8 Å². The van der Waals surface area contributed by atoms with Gasteiger partial charge in [0.05, 0.1) is 0 Å². The number of hydrogen-bond donors (Lipinski definition) is 2. The highest BCUT2D eigenvalue weighted by atomic mass is 28.3. The predicted octanol–water partition coefficient (Wildman–Crippen LogP) is 6.49. The van der Waals surface area contributed by atoms with E-state index < -0.39 is 44.3 Å². The predicted molar refractivity (Wildman–Crippen MR) is 156 cm³/mol. The maximum atomic E-state index is 13.2. The number of alkyl carbamates (subject to hydrolysis) is 1. The topological polar surface area (TPSA) is 84.9 Å². The van der Waals surface area contributed by atoms with E-state index in [1.54, 1.807) is 0 Å². The summed E-state index contributed by atoms with van der Waals surface area (Å²) in [6.07, 6.45) is 0.266. The van der Waals surface area contributed by atoms with Crippen molar-refractivity contribution in [2.75, 3.05) is 0 Å². The molecule has 0 bridgehead atoms. The smallest absolute Gasteiger partial charge is 0.407 e. The number of nitrogens with one attached hydrogen (secondary N) is 1. The molecule has 2 aromatic carbocycles. The number of carboxylic acids is 1. The van der Waals surface area contributed by atoms with Crippen LogP contribution in [0, 0.1) is 17.3 Å². The van der Waals surface area contributed by atoms with E-state index in [1.807, 2.05) is 101 Å².